The number of aromatic nitrogens is 4. The summed E-state index contributed by atoms with van der Waals surface area (Å²) in [5.74, 6) is -0.986. The third-order valence-electron chi connectivity index (χ3n) is 8.38. The van der Waals surface area contributed by atoms with Gasteiger partial charge in [-0.05, 0) is 65.3 Å². The fourth-order valence-electron chi connectivity index (χ4n) is 6.13. The standard InChI is InChI=1S/C32H38FN7O6S/c1-18-14-39(15-19(2)40(18)31(42)46-32(3,4)5)26-8-7-23(29(41)35-21-11-20-16-38(6)37-27(20)25(33)12-21)28-24(26)13-34-30(36-28)45-17-22-9-10-47(22,43)44/h7-8,11-13,16,18-19,22H,9-10,14-15,17H2,1-6H3,(H,35,41)/t18-,19+,22?. The van der Waals surface area contributed by atoms with Crippen molar-refractivity contribution >= 4 is 55.0 Å². The van der Waals surface area contributed by atoms with Crippen molar-refractivity contribution in [1.29, 1.82) is 0 Å². The number of hydrogen-bond acceptors (Lipinski definition) is 10. The number of halogens is 1. The molecular formula is C32H38FN7O6S. The second-order valence-corrected chi connectivity index (χ2v) is 15.7. The van der Waals surface area contributed by atoms with E-state index in [-0.39, 0.29) is 58.8 Å². The second kappa shape index (κ2) is 11.9. The summed E-state index contributed by atoms with van der Waals surface area (Å²) in [4.78, 5) is 39.5. The lowest BCUT2D eigenvalue weighted by atomic mass is 10.0. The number of carbonyl (C=O) groups excluding carboxylic acids is 2. The Morgan fingerprint density at radius 2 is 1.83 bits per heavy atom. The Morgan fingerprint density at radius 3 is 2.47 bits per heavy atom. The summed E-state index contributed by atoms with van der Waals surface area (Å²) in [5, 5.41) is 7.34. The largest absolute Gasteiger partial charge is 0.462 e. The molecule has 1 unspecified atom stereocenters. The minimum atomic E-state index is -3.19. The maximum Gasteiger partial charge on any atom is 0.410 e. The predicted molar refractivity (Wildman–Crippen MR) is 175 cm³/mol. The highest BCUT2D eigenvalue weighted by atomic mass is 32.2. The van der Waals surface area contributed by atoms with E-state index in [0.717, 1.165) is 5.69 Å². The zero-order valence-electron chi connectivity index (χ0n) is 27.2. The summed E-state index contributed by atoms with van der Waals surface area (Å²) in [5.41, 5.74) is 1.02. The van der Waals surface area contributed by atoms with Crippen molar-refractivity contribution in [3.63, 3.8) is 0 Å². The highest BCUT2D eigenvalue weighted by Gasteiger charge is 2.37. The van der Waals surface area contributed by atoms with Gasteiger partial charge in [0.1, 0.15) is 17.7 Å². The number of benzene rings is 2. The van der Waals surface area contributed by atoms with Crippen molar-refractivity contribution in [2.24, 2.45) is 7.05 Å². The maximum absolute atomic E-state index is 14.8. The van der Waals surface area contributed by atoms with Crippen molar-refractivity contribution in [3.05, 3.63) is 48.0 Å². The molecule has 2 aromatic carbocycles. The first-order chi connectivity index (χ1) is 22.1. The van der Waals surface area contributed by atoms with Gasteiger partial charge in [-0.15, -0.1) is 0 Å². The predicted octanol–water partition coefficient (Wildman–Crippen LogP) is 4.31. The Hall–Kier alpha value is -4.53. The molecule has 2 aliphatic rings. The Kier molecular flexibility index (Phi) is 8.22. The van der Waals surface area contributed by atoms with Crippen molar-refractivity contribution in [3.8, 4) is 6.01 Å². The van der Waals surface area contributed by atoms with Crippen LogP contribution in [-0.4, -0.2) is 93.5 Å². The molecule has 0 saturated carbocycles. The molecule has 0 bridgehead atoms. The molecule has 15 heteroatoms. The van der Waals surface area contributed by atoms with Crippen molar-refractivity contribution in [1.82, 2.24) is 24.6 Å². The Bertz CT molecular complexity index is 1980. The number of amides is 2. The van der Waals surface area contributed by atoms with Crippen LogP contribution in [0.2, 0.25) is 0 Å². The molecular weight excluding hydrogens is 629 g/mol. The number of piperazine rings is 1. The van der Waals surface area contributed by atoms with Gasteiger partial charge in [-0.25, -0.2) is 22.6 Å². The SMILES string of the molecule is C[C@@H]1CN(c2ccc(C(=O)Nc3cc(F)c4nn(C)cc4c3)c3nc(OCC4CCS4(=O)=O)ncc23)C[C@H](C)N1C(=O)OC(C)(C)C. The quantitative estimate of drug-likeness (QED) is 0.315. The molecule has 2 amide bonds. The van der Waals surface area contributed by atoms with E-state index in [9.17, 15) is 22.4 Å². The molecule has 250 valence electrons. The molecule has 0 spiro atoms. The molecule has 0 aliphatic carbocycles. The van der Waals surface area contributed by atoms with E-state index < -0.39 is 32.4 Å². The van der Waals surface area contributed by atoms with Gasteiger partial charge < -0.3 is 19.7 Å². The number of carbonyl (C=O) groups is 2. The number of ether oxygens (including phenoxy) is 2. The van der Waals surface area contributed by atoms with Crippen molar-refractivity contribution in [2.75, 3.05) is 35.7 Å². The van der Waals surface area contributed by atoms with Crippen molar-refractivity contribution < 1.29 is 31.9 Å². The average molecular weight is 668 g/mol. The van der Waals surface area contributed by atoms with E-state index in [4.69, 9.17) is 9.47 Å². The third kappa shape index (κ3) is 6.53. The van der Waals surface area contributed by atoms with Gasteiger partial charge in [-0.1, -0.05) is 0 Å². The molecule has 4 aromatic rings. The van der Waals surface area contributed by atoms with Gasteiger partial charge in [0.15, 0.2) is 15.7 Å². The first-order valence-corrected chi connectivity index (χ1v) is 17.2. The summed E-state index contributed by atoms with van der Waals surface area (Å²) in [6.45, 7) is 10.3. The van der Waals surface area contributed by atoms with Crippen LogP contribution in [-0.2, 0) is 21.6 Å². The zero-order chi connectivity index (χ0) is 33.8. The number of hydrogen-bond donors (Lipinski definition) is 1. The fraction of sp³-hybridized carbons (Fsp3) is 0.469. The first-order valence-electron chi connectivity index (χ1n) is 15.4. The van der Waals surface area contributed by atoms with Gasteiger partial charge in [-0.2, -0.15) is 10.1 Å². The van der Waals surface area contributed by atoms with Crippen LogP contribution in [0.15, 0.2) is 36.7 Å². The van der Waals surface area contributed by atoms with Crippen LogP contribution in [0.25, 0.3) is 21.8 Å². The zero-order valence-corrected chi connectivity index (χ0v) is 28.0. The number of aryl methyl sites for hydroxylation is 1. The topological polar surface area (TPSA) is 149 Å². The van der Waals surface area contributed by atoms with Gasteiger partial charge in [0.05, 0.1) is 34.2 Å². The Morgan fingerprint density at radius 1 is 1.11 bits per heavy atom. The first kappa shape index (κ1) is 32.4. The van der Waals surface area contributed by atoms with Crippen molar-refractivity contribution in [2.45, 2.75) is 64.0 Å². The lowest BCUT2D eigenvalue weighted by Crippen LogP contribution is -2.59. The van der Waals surface area contributed by atoms with Crippen LogP contribution in [0.5, 0.6) is 6.01 Å². The van der Waals surface area contributed by atoms with Gasteiger partial charge in [0.25, 0.3) is 5.91 Å². The summed E-state index contributed by atoms with van der Waals surface area (Å²) in [6.07, 6.45) is 3.32. The van der Waals surface area contributed by atoms with Gasteiger partial charge in [0.2, 0.25) is 0 Å². The number of nitrogens with one attached hydrogen (secondary N) is 1. The maximum atomic E-state index is 14.8. The normalized spacial score (nSPS) is 21.0. The highest BCUT2D eigenvalue weighted by molar-refractivity contribution is 7.93. The molecule has 2 aromatic heterocycles. The van der Waals surface area contributed by atoms with E-state index in [1.807, 2.05) is 34.6 Å². The van der Waals surface area contributed by atoms with E-state index in [2.05, 4.69) is 25.3 Å². The molecule has 2 saturated heterocycles. The summed E-state index contributed by atoms with van der Waals surface area (Å²) in [7, 11) is -1.50. The lowest BCUT2D eigenvalue weighted by molar-refractivity contribution is 0.00566. The number of fused-ring (bicyclic) bond motifs is 2. The van der Waals surface area contributed by atoms with Gasteiger partial charge in [-0.3, -0.25) is 14.4 Å². The molecule has 4 heterocycles. The van der Waals surface area contributed by atoms with Crippen LogP contribution in [0.1, 0.15) is 51.4 Å². The molecule has 6 rings (SSSR count). The van der Waals surface area contributed by atoms with Gasteiger partial charge >= 0.3 is 12.1 Å². The van der Waals surface area contributed by atoms with E-state index in [1.165, 1.54) is 10.7 Å². The van der Waals surface area contributed by atoms with Crippen LogP contribution < -0.4 is 15.0 Å². The number of rotatable bonds is 6. The molecule has 1 N–H and O–H groups in total. The minimum absolute atomic E-state index is 0.0647. The highest BCUT2D eigenvalue weighted by Crippen LogP contribution is 2.33. The van der Waals surface area contributed by atoms with E-state index >= 15 is 0 Å². The number of anilines is 2. The second-order valence-electron chi connectivity index (χ2n) is 13.3. The lowest BCUT2D eigenvalue weighted by Gasteiger charge is -2.45. The smallest absolute Gasteiger partial charge is 0.410 e. The monoisotopic (exact) mass is 667 g/mol. The summed E-state index contributed by atoms with van der Waals surface area (Å²) < 4.78 is 51.7. The fourth-order valence-corrected chi connectivity index (χ4v) is 7.36. The molecule has 2 aliphatic heterocycles. The Balaban J connectivity index is 1.33. The molecule has 3 atom stereocenters. The van der Waals surface area contributed by atoms with Crippen LogP contribution in [0.3, 0.4) is 0 Å². The average Bonchev–Trinajstić information content (AvgIpc) is 3.35. The summed E-state index contributed by atoms with van der Waals surface area (Å²) >= 11 is 0. The number of sulfone groups is 1. The molecule has 0 radical (unpaired) electrons. The van der Waals surface area contributed by atoms with E-state index in [1.54, 1.807) is 42.5 Å². The van der Waals surface area contributed by atoms with Crippen LogP contribution in [0, 0.1) is 5.82 Å². The van der Waals surface area contributed by atoms with Crippen LogP contribution in [0.4, 0.5) is 20.6 Å². The minimum Gasteiger partial charge on any atom is -0.462 e. The third-order valence-corrected chi connectivity index (χ3v) is 10.6. The number of nitrogens with zero attached hydrogens (tertiary/aromatic N) is 6. The summed E-state index contributed by atoms with van der Waals surface area (Å²) in [6, 6.07) is 5.82. The molecule has 2 fully saturated rings. The molecule has 13 nitrogen and oxygen atoms in total. The van der Waals surface area contributed by atoms with Gasteiger partial charge in [0, 0.05) is 54.7 Å². The molecule has 47 heavy (non-hydrogen) atoms. The Labute approximate surface area is 272 Å². The van der Waals surface area contributed by atoms with E-state index in [0.29, 0.717) is 30.3 Å². The van der Waals surface area contributed by atoms with Crippen LogP contribution >= 0.6 is 0 Å².